The third-order valence-corrected chi connectivity index (χ3v) is 2.61. The van der Waals surface area contributed by atoms with Crippen molar-refractivity contribution in [1.29, 1.82) is 0 Å². The molecule has 1 saturated heterocycles. The van der Waals surface area contributed by atoms with Crippen LogP contribution >= 0.6 is 0 Å². The quantitative estimate of drug-likeness (QED) is 0.682. The number of hydrogen-bond acceptors (Lipinski definition) is 5. The molecule has 0 aromatic carbocycles. The van der Waals surface area contributed by atoms with Gasteiger partial charge in [-0.2, -0.15) is 0 Å². The fourth-order valence-corrected chi connectivity index (χ4v) is 1.93. The van der Waals surface area contributed by atoms with E-state index < -0.39 is 18.2 Å². The Bertz CT molecular complexity index is 279. The standard InChI is InChI=1S/C7H12O2.C6H12O4.2C2H6/c1-5-3-6(2)9-7(8)4-5;1-4(7)2-5(8)3-6(9)10;2*1-2/h5-6H,3-4H2,1-2H3;4-5,7-8H,2-3H2,1H3,(H,9,10);2*1-2H3/t5-,6-;4-,5-;;/m11../s1. The van der Waals surface area contributed by atoms with Crippen LogP contribution in [0.5, 0.6) is 0 Å². The molecule has 1 heterocycles. The van der Waals surface area contributed by atoms with Gasteiger partial charge in [-0.15, -0.1) is 0 Å². The molecule has 0 radical (unpaired) electrons. The van der Waals surface area contributed by atoms with Crippen LogP contribution in [0.2, 0.25) is 0 Å². The molecule has 1 aliphatic heterocycles. The average Bonchev–Trinajstić information content (AvgIpc) is 2.40. The Morgan fingerprint density at radius 2 is 1.70 bits per heavy atom. The fourth-order valence-electron chi connectivity index (χ4n) is 1.93. The van der Waals surface area contributed by atoms with E-state index in [4.69, 9.17) is 20.1 Å². The monoisotopic (exact) mass is 336 g/mol. The number of carbonyl (C=O) groups is 2. The molecular weight excluding hydrogens is 300 g/mol. The maximum Gasteiger partial charge on any atom is 0.306 e. The van der Waals surface area contributed by atoms with E-state index in [1.807, 2.05) is 34.6 Å². The van der Waals surface area contributed by atoms with E-state index in [0.29, 0.717) is 12.3 Å². The number of aliphatic hydroxyl groups is 2. The number of carboxylic acids is 1. The number of aliphatic hydroxyl groups excluding tert-OH is 2. The zero-order valence-corrected chi connectivity index (χ0v) is 15.7. The Morgan fingerprint density at radius 1 is 1.22 bits per heavy atom. The normalized spacial score (nSPS) is 21.7. The molecule has 0 saturated carbocycles. The van der Waals surface area contributed by atoms with Gasteiger partial charge in [-0.1, -0.05) is 34.6 Å². The second-order valence-corrected chi connectivity index (χ2v) is 5.18. The Kier molecular flexibility index (Phi) is 20.0. The highest BCUT2D eigenvalue weighted by atomic mass is 16.5. The maximum absolute atomic E-state index is 10.7. The van der Waals surface area contributed by atoms with Crippen molar-refractivity contribution in [2.24, 2.45) is 5.92 Å². The van der Waals surface area contributed by atoms with Crippen molar-refractivity contribution in [2.75, 3.05) is 0 Å². The van der Waals surface area contributed by atoms with E-state index in [1.165, 1.54) is 6.92 Å². The summed E-state index contributed by atoms with van der Waals surface area (Å²) in [6.07, 6.45) is 0.000833. The van der Waals surface area contributed by atoms with Crippen LogP contribution in [0.1, 0.15) is 74.1 Å². The molecule has 140 valence electrons. The SMILES string of the molecule is CC.CC.C[C@@H](O)C[C@@H](O)CC(=O)O.C[C@H]1CC(=O)O[C@H](C)C1. The Morgan fingerprint density at radius 3 is 2.00 bits per heavy atom. The van der Waals surface area contributed by atoms with Crippen molar-refractivity contribution < 1.29 is 29.6 Å². The van der Waals surface area contributed by atoms with Crippen LogP contribution in [0, 0.1) is 5.92 Å². The molecule has 1 fully saturated rings. The molecule has 0 aromatic heterocycles. The van der Waals surface area contributed by atoms with E-state index >= 15 is 0 Å². The summed E-state index contributed by atoms with van der Waals surface area (Å²) in [5.41, 5.74) is 0. The molecular formula is C17H36O6. The molecule has 0 bridgehead atoms. The van der Waals surface area contributed by atoms with Crippen LogP contribution in [0.4, 0.5) is 0 Å². The number of aliphatic carboxylic acids is 1. The van der Waals surface area contributed by atoms with Crippen molar-refractivity contribution in [3.63, 3.8) is 0 Å². The predicted octanol–water partition coefficient (Wildman–Crippen LogP) is 2.99. The molecule has 1 aliphatic rings. The van der Waals surface area contributed by atoms with E-state index in [0.717, 1.165) is 6.42 Å². The molecule has 0 spiro atoms. The zero-order chi connectivity index (χ0) is 19.0. The first-order valence-corrected chi connectivity index (χ1v) is 8.48. The van der Waals surface area contributed by atoms with Gasteiger partial charge in [-0.25, -0.2) is 0 Å². The van der Waals surface area contributed by atoms with Crippen LogP contribution < -0.4 is 0 Å². The highest BCUT2D eigenvalue weighted by Gasteiger charge is 2.21. The van der Waals surface area contributed by atoms with Gasteiger partial charge in [-0.3, -0.25) is 9.59 Å². The molecule has 1 rings (SSSR count). The van der Waals surface area contributed by atoms with Gasteiger partial charge in [0.1, 0.15) is 0 Å². The number of cyclic esters (lactones) is 1. The molecule has 23 heavy (non-hydrogen) atoms. The van der Waals surface area contributed by atoms with Gasteiger partial charge in [-0.05, 0) is 32.6 Å². The van der Waals surface area contributed by atoms with Crippen LogP contribution in [0.25, 0.3) is 0 Å². The van der Waals surface area contributed by atoms with E-state index in [2.05, 4.69) is 6.92 Å². The number of ether oxygens (including phenoxy) is 1. The molecule has 6 nitrogen and oxygen atoms in total. The number of esters is 1. The molecule has 0 aliphatic carbocycles. The second-order valence-electron chi connectivity index (χ2n) is 5.18. The van der Waals surface area contributed by atoms with Crippen LogP contribution in [0.3, 0.4) is 0 Å². The molecule has 6 heteroatoms. The minimum absolute atomic E-state index is 0.0405. The second kappa shape index (κ2) is 17.2. The van der Waals surface area contributed by atoms with E-state index in [1.54, 1.807) is 0 Å². The molecule has 0 amide bonds. The molecule has 3 N–H and O–H groups in total. The van der Waals surface area contributed by atoms with E-state index in [-0.39, 0.29) is 24.9 Å². The van der Waals surface area contributed by atoms with Crippen LogP contribution in [0.15, 0.2) is 0 Å². The van der Waals surface area contributed by atoms with Crippen LogP contribution in [-0.2, 0) is 14.3 Å². The Hall–Kier alpha value is -1.14. The summed E-state index contributed by atoms with van der Waals surface area (Å²) in [4.78, 5) is 20.6. The van der Waals surface area contributed by atoms with Crippen molar-refractivity contribution in [2.45, 2.75) is 92.5 Å². The van der Waals surface area contributed by atoms with Crippen molar-refractivity contribution >= 4 is 11.9 Å². The first-order chi connectivity index (χ1) is 10.7. The number of carbonyl (C=O) groups excluding carboxylic acids is 1. The maximum atomic E-state index is 10.7. The molecule has 4 atom stereocenters. The first-order valence-electron chi connectivity index (χ1n) is 8.48. The van der Waals surface area contributed by atoms with E-state index in [9.17, 15) is 9.59 Å². The van der Waals surface area contributed by atoms with Crippen molar-refractivity contribution in [1.82, 2.24) is 0 Å². The predicted molar refractivity (Wildman–Crippen MR) is 91.2 cm³/mol. The number of rotatable bonds is 4. The highest BCUT2D eigenvalue weighted by Crippen LogP contribution is 2.19. The Balaban J connectivity index is -0.000000286. The van der Waals surface area contributed by atoms with Crippen molar-refractivity contribution in [3.05, 3.63) is 0 Å². The summed E-state index contributed by atoms with van der Waals surface area (Å²) in [6, 6.07) is 0. The van der Waals surface area contributed by atoms with Crippen molar-refractivity contribution in [3.8, 4) is 0 Å². The van der Waals surface area contributed by atoms with Gasteiger partial charge >= 0.3 is 11.9 Å². The Labute approximate surface area is 140 Å². The smallest absolute Gasteiger partial charge is 0.306 e. The largest absolute Gasteiger partial charge is 0.481 e. The van der Waals surface area contributed by atoms with Gasteiger partial charge in [0.05, 0.1) is 24.7 Å². The third-order valence-electron chi connectivity index (χ3n) is 2.61. The number of hydrogen-bond donors (Lipinski definition) is 3. The molecule has 0 unspecified atom stereocenters. The summed E-state index contributed by atoms with van der Waals surface area (Å²) < 4.78 is 4.92. The highest BCUT2D eigenvalue weighted by molar-refractivity contribution is 5.70. The summed E-state index contributed by atoms with van der Waals surface area (Å²) in [6.45, 7) is 13.5. The zero-order valence-electron chi connectivity index (χ0n) is 15.7. The minimum Gasteiger partial charge on any atom is -0.481 e. The first kappa shape index (κ1) is 26.7. The van der Waals surface area contributed by atoms with Gasteiger partial charge in [0, 0.05) is 6.42 Å². The summed E-state index contributed by atoms with van der Waals surface area (Å²) in [7, 11) is 0. The lowest BCUT2D eigenvalue weighted by molar-refractivity contribution is -0.155. The molecule has 0 aromatic rings. The van der Waals surface area contributed by atoms with Crippen LogP contribution in [-0.4, -0.2) is 45.6 Å². The van der Waals surface area contributed by atoms with Gasteiger partial charge < -0.3 is 20.1 Å². The van der Waals surface area contributed by atoms with Gasteiger partial charge in [0.2, 0.25) is 0 Å². The number of carboxylic acid groups (broad SMARTS) is 1. The average molecular weight is 336 g/mol. The lowest BCUT2D eigenvalue weighted by atomic mass is 9.98. The summed E-state index contributed by atoms with van der Waals surface area (Å²) in [5.74, 6) is -0.573. The lowest BCUT2D eigenvalue weighted by Crippen LogP contribution is -2.25. The lowest BCUT2D eigenvalue weighted by Gasteiger charge is -2.23. The fraction of sp³-hybridized carbons (Fsp3) is 0.882. The summed E-state index contributed by atoms with van der Waals surface area (Å²) >= 11 is 0. The van der Waals surface area contributed by atoms with Gasteiger partial charge in [0.25, 0.3) is 0 Å². The third kappa shape index (κ3) is 20.9. The summed E-state index contributed by atoms with van der Waals surface area (Å²) in [5, 5.41) is 25.7. The topological polar surface area (TPSA) is 104 Å². The minimum atomic E-state index is -1.05. The van der Waals surface area contributed by atoms with Gasteiger partial charge in [0.15, 0.2) is 0 Å².